The van der Waals surface area contributed by atoms with Crippen LogP contribution in [0, 0.1) is 0 Å². The van der Waals surface area contributed by atoms with E-state index in [1.807, 2.05) is 6.92 Å². The molecule has 0 aliphatic rings. The summed E-state index contributed by atoms with van der Waals surface area (Å²) in [5, 5.41) is 3.44. The molecule has 0 fully saturated rings. The van der Waals surface area contributed by atoms with Crippen molar-refractivity contribution in [2.45, 2.75) is 6.92 Å². The monoisotopic (exact) mass is 131 g/mol. The Morgan fingerprint density at radius 1 is 1.75 bits per heavy atom. The van der Waals surface area contributed by atoms with Crippen molar-refractivity contribution >= 4 is 11.6 Å². The van der Waals surface area contributed by atoms with Gasteiger partial charge in [-0.2, -0.15) is 0 Å². The maximum atomic E-state index is 5.61. The van der Waals surface area contributed by atoms with Gasteiger partial charge in [-0.1, -0.05) is 24.3 Å². The standard InChI is InChI=1S/C6H10ClN/c1-4-5(2)6(7)8-3/h4,8H,1H2,2-3H3/b6-5+. The number of hydrogen-bond acceptors (Lipinski definition) is 1. The molecule has 1 nitrogen and oxygen atoms in total. The van der Waals surface area contributed by atoms with Crippen LogP contribution in [-0.2, 0) is 0 Å². The fourth-order valence-corrected chi connectivity index (χ4v) is 0.364. The first kappa shape index (κ1) is 7.57. The lowest BCUT2D eigenvalue weighted by atomic mass is 10.3. The van der Waals surface area contributed by atoms with Crippen molar-refractivity contribution in [2.24, 2.45) is 0 Å². The van der Waals surface area contributed by atoms with E-state index in [-0.39, 0.29) is 0 Å². The molecule has 0 aliphatic heterocycles. The molecule has 0 saturated carbocycles. The van der Waals surface area contributed by atoms with Gasteiger partial charge in [0.1, 0.15) is 5.16 Å². The molecule has 46 valence electrons. The second-order valence-corrected chi connectivity index (χ2v) is 1.83. The first-order valence-corrected chi connectivity index (χ1v) is 2.76. The Kier molecular flexibility index (Phi) is 3.37. The van der Waals surface area contributed by atoms with Crippen LogP contribution in [0.25, 0.3) is 0 Å². The van der Waals surface area contributed by atoms with Gasteiger partial charge in [-0.25, -0.2) is 0 Å². The summed E-state index contributed by atoms with van der Waals surface area (Å²) >= 11 is 5.61. The van der Waals surface area contributed by atoms with Crippen LogP contribution in [0.5, 0.6) is 0 Å². The van der Waals surface area contributed by atoms with E-state index in [4.69, 9.17) is 11.6 Å². The van der Waals surface area contributed by atoms with Crippen LogP contribution in [0.3, 0.4) is 0 Å². The summed E-state index contributed by atoms with van der Waals surface area (Å²) in [4.78, 5) is 0. The molecule has 0 rings (SSSR count). The minimum absolute atomic E-state index is 0.653. The van der Waals surface area contributed by atoms with Crippen LogP contribution in [0.1, 0.15) is 6.92 Å². The molecule has 0 aromatic rings. The third-order valence-corrected chi connectivity index (χ3v) is 1.36. The molecular formula is C6H10ClN. The Morgan fingerprint density at radius 3 is 2.38 bits per heavy atom. The van der Waals surface area contributed by atoms with Gasteiger partial charge in [0.25, 0.3) is 0 Å². The van der Waals surface area contributed by atoms with Gasteiger partial charge >= 0.3 is 0 Å². The van der Waals surface area contributed by atoms with E-state index in [1.165, 1.54) is 0 Å². The molecule has 0 unspecified atom stereocenters. The Balaban J connectivity index is 4.03. The molecule has 0 atom stereocenters. The van der Waals surface area contributed by atoms with E-state index in [9.17, 15) is 0 Å². The highest BCUT2D eigenvalue weighted by Gasteiger charge is 1.87. The van der Waals surface area contributed by atoms with E-state index in [0.717, 1.165) is 5.57 Å². The molecule has 2 heteroatoms. The van der Waals surface area contributed by atoms with E-state index in [2.05, 4.69) is 11.9 Å². The molecule has 1 N–H and O–H groups in total. The zero-order valence-electron chi connectivity index (χ0n) is 5.16. The maximum absolute atomic E-state index is 5.61. The van der Waals surface area contributed by atoms with Gasteiger partial charge < -0.3 is 5.32 Å². The first-order chi connectivity index (χ1) is 3.72. The van der Waals surface area contributed by atoms with Crippen molar-refractivity contribution in [3.63, 3.8) is 0 Å². The van der Waals surface area contributed by atoms with Crippen LogP contribution in [-0.4, -0.2) is 7.05 Å². The second-order valence-electron chi connectivity index (χ2n) is 1.45. The lowest BCUT2D eigenvalue weighted by Crippen LogP contribution is -2.00. The van der Waals surface area contributed by atoms with Crippen molar-refractivity contribution in [2.75, 3.05) is 7.05 Å². The predicted molar refractivity (Wildman–Crippen MR) is 37.8 cm³/mol. The molecule has 8 heavy (non-hydrogen) atoms. The van der Waals surface area contributed by atoms with Gasteiger partial charge in [-0.15, -0.1) is 0 Å². The lowest BCUT2D eigenvalue weighted by molar-refractivity contribution is 1.05. The van der Waals surface area contributed by atoms with Gasteiger partial charge in [0, 0.05) is 7.05 Å². The van der Waals surface area contributed by atoms with E-state index in [0.29, 0.717) is 5.16 Å². The average Bonchev–Trinajstić information content (AvgIpc) is 1.84. The minimum Gasteiger partial charge on any atom is -0.379 e. The van der Waals surface area contributed by atoms with E-state index < -0.39 is 0 Å². The Labute approximate surface area is 55.0 Å². The summed E-state index contributed by atoms with van der Waals surface area (Å²) < 4.78 is 0. The highest BCUT2D eigenvalue weighted by molar-refractivity contribution is 6.29. The highest BCUT2D eigenvalue weighted by Crippen LogP contribution is 2.03. The minimum atomic E-state index is 0.653. The van der Waals surface area contributed by atoms with Crippen LogP contribution in [0.2, 0.25) is 0 Å². The average molecular weight is 132 g/mol. The normalized spacial score (nSPS) is 12.4. The number of nitrogens with one attached hydrogen (secondary N) is 1. The Hall–Kier alpha value is -0.430. The second kappa shape index (κ2) is 3.56. The summed E-state index contributed by atoms with van der Waals surface area (Å²) in [5.74, 6) is 0. The quantitative estimate of drug-likeness (QED) is 0.446. The molecule has 0 bridgehead atoms. The summed E-state index contributed by atoms with van der Waals surface area (Å²) in [6.07, 6.45) is 1.71. The van der Waals surface area contributed by atoms with Crippen molar-refractivity contribution in [1.82, 2.24) is 5.32 Å². The lowest BCUT2D eigenvalue weighted by Gasteiger charge is -1.96. The summed E-state index contributed by atoms with van der Waals surface area (Å²) in [6, 6.07) is 0. The van der Waals surface area contributed by atoms with Gasteiger partial charge in [0.2, 0.25) is 0 Å². The van der Waals surface area contributed by atoms with Gasteiger partial charge in [0.05, 0.1) is 0 Å². The Bertz CT molecular complexity index is 116. The third kappa shape index (κ3) is 2.03. The van der Waals surface area contributed by atoms with Crippen molar-refractivity contribution < 1.29 is 0 Å². The maximum Gasteiger partial charge on any atom is 0.104 e. The largest absolute Gasteiger partial charge is 0.379 e. The number of rotatable bonds is 2. The van der Waals surface area contributed by atoms with Crippen LogP contribution in [0.4, 0.5) is 0 Å². The predicted octanol–water partition coefficient (Wildman–Crippen LogP) is 1.86. The molecule has 0 spiro atoms. The molecule has 0 saturated heterocycles. The zero-order chi connectivity index (χ0) is 6.57. The van der Waals surface area contributed by atoms with Gasteiger partial charge in [-0.3, -0.25) is 0 Å². The molecule has 0 heterocycles. The molecule has 0 aliphatic carbocycles. The van der Waals surface area contributed by atoms with Crippen LogP contribution < -0.4 is 5.32 Å². The van der Waals surface area contributed by atoms with Gasteiger partial charge in [-0.05, 0) is 12.5 Å². The SMILES string of the molecule is C=C/C(C)=C(\Cl)NC. The topological polar surface area (TPSA) is 12.0 Å². The number of allylic oxidation sites excluding steroid dienone is 2. The fraction of sp³-hybridized carbons (Fsp3) is 0.333. The number of hydrogen-bond donors (Lipinski definition) is 1. The summed E-state index contributed by atoms with van der Waals surface area (Å²) in [5.41, 5.74) is 0.967. The van der Waals surface area contributed by atoms with Crippen LogP contribution >= 0.6 is 11.6 Å². The highest BCUT2D eigenvalue weighted by atomic mass is 35.5. The Morgan fingerprint density at radius 2 is 2.25 bits per heavy atom. The summed E-state index contributed by atoms with van der Waals surface area (Å²) in [7, 11) is 1.77. The smallest absolute Gasteiger partial charge is 0.104 e. The fourth-order valence-electron chi connectivity index (χ4n) is 0.287. The first-order valence-electron chi connectivity index (χ1n) is 2.39. The zero-order valence-corrected chi connectivity index (χ0v) is 5.92. The van der Waals surface area contributed by atoms with Crippen LogP contribution in [0.15, 0.2) is 23.4 Å². The third-order valence-electron chi connectivity index (χ3n) is 0.872. The van der Waals surface area contributed by atoms with Crippen molar-refractivity contribution in [1.29, 1.82) is 0 Å². The van der Waals surface area contributed by atoms with Crippen molar-refractivity contribution in [3.8, 4) is 0 Å². The molecular weight excluding hydrogens is 122 g/mol. The van der Waals surface area contributed by atoms with Gasteiger partial charge in [0.15, 0.2) is 0 Å². The van der Waals surface area contributed by atoms with E-state index >= 15 is 0 Å². The van der Waals surface area contributed by atoms with Crippen molar-refractivity contribution in [3.05, 3.63) is 23.4 Å². The summed E-state index contributed by atoms with van der Waals surface area (Å²) in [6.45, 7) is 5.44. The molecule has 0 aromatic heterocycles. The molecule has 0 aromatic carbocycles. The molecule has 0 amide bonds. The number of halogens is 1. The molecule has 0 radical (unpaired) electrons. The van der Waals surface area contributed by atoms with E-state index in [1.54, 1.807) is 13.1 Å².